The van der Waals surface area contributed by atoms with E-state index in [0.29, 0.717) is 0 Å². The second kappa shape index (κ2) is 5.45. The molecule has 0 fully saturated rings. The van der Waals surface area contributed by atoms with E-state index in [-0.39, 0.29) is 33.9 Å². The first kappa shape index (κ1) is 9.88. The maximum atomic E-state index is 8.96. The van der Waals surface area contributed by atoms with Crippen LogP contribution in [0.2, 0.25) is 0 Å². The van der Waals surface area contributed by atoms with Crippen LogP contribution in [0.25, 0.3) is 0 Å². The number of aliphatic hydroxyl groups is 2. The summed E-state index contributed by atoms with van der Waals surface area (Å²) in [6.45, 7) is -0.105. The number of ether oxygens (including phenoxy) is 1. The van der Waals surface area contributed by atoms with Crippen molar-refractivity contribution in [3.8, 4) is 0 Å². The van der Waals surface area contributed by atoms with Crippen molar-refractivity contribution in [2.45, 2.75) is 6.10 Å². The van der Waals surface area contributed by atoms with Crippen molar-refractivity contribution < 1.29 is 14.9 Å². The predicted molar refractivity (Wildman–Crippen MR) is 56.4 cm³/mol. The number of allylic oxidation sites excluding steroid dienone is 2. The topological polar surface area (TPSA) is 49.7 Å². The SMILES string of the molecule is OCC(O)COC1=CC=IC=C1. The van der Waals surface area contributed by atoms with Crippen LogP contribution in [0.3, 0.4) is 0 Å². The van der Waals surface area contributed by atoms with Crippen LogP contribution in [-0.2, 0) is 4.74 Å². The van der Waals surface area contributed by atoms with Gasteiger partial charge in [-0.25, -0.2) is 0 Å². The molecule has 0 saturated carbocycles. The van der Waals surface area contributed by atoms with Gasteiger partial charge in [-0.1, -0.05) is 20.7 Å². The Hall–Kier alpha value is -0.200. The zero-order valence-corrected chi connectivity index (χ0v) is 8.64. The molecule has 0 aromatic rings. The van der Waals surface area contributed by atoms with Gasteiger partial charge in [0.25, 0.3) is 0 Å². The third-order valence-corrected chi connectivity index (χ3v) is 2.80. The minimum absolute atomic E-state index is 0.0827. The number of rotatable bonds is 4. The Morgan fingerprint density at radius 1 is 1.58 bits per heavy atom. The van der Waals surface area contributed by atoms with E-state index in [2.05, 4.69) is 8.09 Å². The Balaban J connectivity index is 2.28. The molecule has 0 aromatic carbocycles. The van der Waals surface area contributed by atoms with Gasteiger partial charge in [0.15, 0.2) is 0 Å². The van der Waals surface area contributed by atoms with Crippen LogP contribution in [0.5, 0.6) is 0 Å². The highest BCUT2D eigenvalue weighted by Gasteiger charge is 2.02. The molecular weight excluding hydrogens is 271 g/mol. The van der Waals surface area contributed by atoms with Gasteiger partial charge in [-0.3, -0.25) is 0 Å². The second-order valence-corrected chi connectivity index (χ2v) is 4.42. The van der Waals surface area contributed by atoms with Crippen LogP contribution in [0, 0.1) is 0 Å². The molecule has 1 rings (SSSR count). The van der Waals surface area contributed by atoms with Crippen molar-refractivity contribution in [3.05, 3.63) is 22.0 Å². The maximum absolute atomic E-state index is 8.96. The summed E-state index contributed by atoms with van der Waals surface area (Å²) in [5, 5.41) is 17.5. The molecule has 1 unspecified atom stereocenters. The molecule has 12 heavy (non-hydrogen) atoms. The first-order chi connectivity index (χ1) is 5.83. The average Bonchev–Trinajstić information content (AvgIpc) is 2.16. The fourth-order valence-corrected chi connectivity index (χ4v) is 2.00. The van der Waals surface area contributed by atoms with Crippen molar-refractivity contribution >= 4 is 24.7 Å². The fourth-order valence-electron chi connectivity index (χ4n) is 0.636. The highest BCUT2D eigenvalue weighted by atomic mass is 127. The lowest BCUT2D eigenvalue weighted by atomic mass is 10.4. The lowest BCUT2D eigenvalue weighted by Gasteiger charge is -2.10. The van der Waals surface area contributed by atoms with Gasteiger partial charge in [0, 0.05) is 0 Å². The molecule has 4 heteroatoms. The smallest absolute Gasteiger partial charge is 0.120 e. The normalized spacial score (nSPS) is 18.0. The Labute approximate surface area is 81.1 Å². The fraction of sp³-hybridized carbons (Fsp3) is 0.375. The predicted octanol–water partition coefficient (Wildman–Crippen LogP) is 0.540. The Kier molecular flexibility index (Phi) is 4.49. The van der Waals surface area contributed by atoms with Crippen molar-refractivity contribution in [2.24, 2.45) is 0 Å². The standard InChI is InChI=1S/C8H11IO3/c10-5-7(11)6-12-8-1-3-9-4-2-8/h1-4,7,10-11H,5-6H2. The molecule has 0 spiro atoms. The number of halogens is 1. The molecule has 0 aromatic heterocycles. The first-order valence-electron chi connectivity index (χ1n) is 3.56. The van der Waals surface area contributed by atoms with Gasteiger partial charge in [-0.2, -0.15) is 0 Å². The van der Waals surface area contributed by atoms with E-state index < -0.39 is 6.10 Å². The lowest BCUT2D eigenvalue weighted by molar-refractivity contribution is 0.0331. The van der Waals surface area contributed by atoms with E-state index in [9.17, 15) is 0 Å². The van der Waals surface area contributed by atoms with Crippen LogP contribution < -0.4 is 0 Å². The summed E-state index contributed by atoms with van der Waals surface area (Å²) in [7, 11) is 0. The summed E-state index contributed by atoms with van der Waals surface area (Å²) in [6.07, 6.45) is 3.02. The lowest BCUT2D eigenvalue weighted by Crippen LogP contribution is -2.18. The molecule has 3 nitrogen and oxygen atoms in total. The molecule has 1 atom stereocenters. The van der Waals surface area contributed by atoms with Crippen LogP contribution >= 0.6 is 20.7 Å². The summed E-state index contributed by atoms with van der Waals surface area (Å²) >= 11 is 0.0827. The summed E-state index contributed by atoms with van der Waals surface area (Å²) in [6, 6.07) is 0. The van der Waals surface area contributed by atoms with Gasteiger partial charge in [0.2, 0.25) is 0 Å². The highest BCUT2D eigenvalue weighted by Crippen LogP contribution is 2.10. The minimum atomic E-state index is -0.782. The molecule has 0 radical (unpaired) electrons. The first-order valence-corrected chi connectivity index (χ1v) is 6.06. The van der Waals surface area contributed by atoms with E-state index in [1.165, 1.54) is 0 Å². The van der Waals surface area contributed by atoms with Gasteiger partial charge >= 0.3 is 0 Å². The molecule has 1 aliphatic heterocycles. The Bertz CT molecular complexity index is 220. The zero-order chi connectivity index (χ0) is 8.81. The van der Waals surface area contributed by atoms with Crippen molar-refractivity contribution in [1.82, 2.24) is 0 Å². The van der Waals surface area contributed by atoms with Crippen molar-refractivity contribution in [3.63, 3.8) is 0 Å². The van der Waals surface area contributed by atoms with Crippen molar-refractivity contribution in [2.75, 3.05) is 13.2 Å². The quantitative estimate of drug-likeness (QED) is 0.740. The van der Waals surface area contributed by atoms with Gasteiger partial charge in [0.05, 0.1) is 6.61 Å². The molecule has 1 heterocycles. The molecular formula is C8H11IO3. The van der Waals surface area contributed by atoms with Gasteiger partial charge < -0.3 is 14.9 Å². The Morgan fingerprint density at radius 2 is 2.42 bits per heavy atom. The molecule has 2 N–H and O–H groups in total. The average molecular weight is 282 g/mol. The third kappa shape index (κ3) is 3.46. The largest absolute Gasteiger partial charge is 0.491 e. The molecule has 0 amide bonds. The van der Waals surface area contributed by atoms with Gasteiger partial charge in [-0.15, -0.1) is 0 Å². The van der Waals surface area contributed by atoms with E-state index >= 15 is 0 Å². The molecule has 68 valence electrons. The van der Waals surface area contributed by atoms with E-state index in [4.69, 9.17) is 14.9 Å². The summed E-state index contributed by atoms with van der Waals surface area (Å²) < 4.78 is 9.35. The molecule has 0 aliphatic carbocycles. The van der Waals surface area contributed by atoms with E-state index in [0.717, 1.165) is 5.76 Å². The molecule has 0 bridgehead atoms. The monoisotopic (exact) mass is 282 g/mol. The van der Waals surface area contributed by atoms with E-state index in [1.54, 1.807) is 0 Å². The Morgan fingerprint density at radius 3 is 3.00 bits per heavy atom. The molecule has 0 saturated heterocycles. The van der Waals surface area contributed by atoms with Crippen molar-refractivity contribution in [1.29, 1.82) is 0 Å². The highest BCUT2D eigenvalue weighted by molar-refractivity contribution is 14.2. The summed E-state index contributed by atoms with van der Waals surface area (Å²) in [5.74, 6) is 0.758. The maximum Gasteiger partial charge on any atom is 0.120 e. The van der Waals surface area contributed by atoms with E-state index in [1.807, 2.05) is 12.2 Å². The zero-order valence-electron chi connectivity index (χ0n) is 6.48. The number of hydrogen-bond donors (Lipinski definition) is 2. The molecule has 1 aliphatic rings. The van der Waals surface area contributed by atoms with Gasteiger partial charge in [-0.05, 0) is 20.2 Å². The van der Waals surface area contributed by atoms with Crippen LogP contribution in [-0.4, -0.2) is 33.5 Å². The van der Waals surface area contributed by atoms with Crippen LogP contribution in [0.15, 0.2) is 22.0 Å². The summed E-state index contributed by atoms with van der Waals surface area (Å²) in [4.78, 5) is 0. The number of aliphatic hydroxyl groups excluding tert-OH is 2. The second-order valence-electron chi connectivity index (χ2n) is 2.26. The number of hydrogen-bond acceptors (Lipinski definition) is 3. The minimum Gasteiger partial charge on any atom is -0.491 e. The van der Waals surface area contributed by atoms with Crippen LogP contribution in [0.1, 0.15) is 0 Å². The van der Waals surface area contributed by atoms with Crippen LogP contribution in [0.4, 0.5) is 0 Å². The van der Waals surface area contributed by atoms with Gasteiger partial charge in [0.1, 0.15) is 18.5 Å². The third-order valence-electron chi connectivity index (χ3n) is 1.25. The summed E-state index contributed by atoms with van der Waals surface area (Å²) in [5.41, 5.74) is 0.